The predicted octanol–water partition coefficient (Wildman–Crippen LogP) is 5.17. The summed E-state index contributed by atoms with van der Waals surface area (Å²) >= 11 is 0. The Kier molecular flexibility index (Phi) is 13.2. The molecule has 0 aliphatic rings. The Morgan fingerprint density at radius 3 is 1.77 bits per heavy atom. The lowest BCUT2D eigenvalue weighted by molar-refractivity contribution is -0.152. The molecule has 0 amide bonds. The Hall–Kier alpha value is -3.54. The summed E-state index contributed by atoms with van der Waals surface area (Å²) in [6, 6.07) is 3.22. The third-order valence-electron chi connectivity index (χ3n) is 4.48. The van der Waals surface area contributed by atoms with Crippen LogP contribution in [-0.2, 0) is 34.9 Å². The van der Waals surface area contributed by atoms with Crippen molar-refractivity contribution in [3.05, 3.63) is 23.8 Å². The van der Waals surface area contributed by atoms with Gasteiger partial charge >= 0.3 is 24.4 Å². The molecule has 0 fully saturated rings. The normalized spacial score (nSPS) is 13.1. The number of hydrogen-bond acceptors (Lipinski definition) is 12. The highest BCUT2D eigenvalue weighted by molar-refractivity contribution is 5.76. The summed E-state index contributed by atoms with van der Waals surface area (Å²) < 4.78 is 35.8. The third kappa shape index (κ3) is 15.2. The van der Waals surface area contributed by atoms with E-state index in [4.69, 9.17) is 38.9 Å². The Bertz CT molecular complexity index is 1010. The van der Waals surface area contributed by atoms with Crippen molar-refractivity contribution in [1.82, 2.24) is 0 Å². The van der Waals surface area contributed by atoms with Crippen LogP contribution in [0.2, 0.25) is 0 Å². The van der Waals surface area contributed by atoms with Crippen molar-refractivity contribution in [2.24, 2.45) is 16.6 Å². The quantitative estimate of drug-likeness (QED) is 0.212. The van der Waals surface area contributed by atoms with Crippen molar-refractivity contribution in [1.29, 1.82) is 0 Å². The highest BCUT2D eigenvalue weighted by atomic mass is 16.7. The average Bonchev–Trinajstić information content (AvgIpc) is 2.80. The van der Waals surface area contributed by atoms with Crippen LogP contribution in [0.5, 0.6) is 11.5 Å². The molecule has 40 heavy (non-hydrogen) atoms. The molecule has 0 aliphatic heterocycles. The van der Waals surface area contributed by atoms with Crippen molar-refractivity contribution in [3.63, 3.8) is 0 Å². The molecule has 0 spiro atoms. The number of rotatable bonds is 11. The fraction of sp³-hybridized carbons (Fsp3) is 0.643. The number of hydrogen-bond donors (Lipinski definition) is 1. The molecule has 0 aliphatic carbocycles. The molecular weight excluding hydrogens is 526 g/mol. The van der Waals surface area contributed by atoms with Gasteiger partial charge in [-0.05, 0) is 55.7 Å². The number of carbonyl (C=O) groups is 4. The molecule has 1 rings (SSSR count). The van der Waals surface area contributed by atoms with Gasteiger partial charge in [-0.2, -0.15) is 0 Å². The maximum absolute atomic E-state index is 12.5. The van der Waals surface area contributed by atoms with Crippen molar-refractivity contribution >= 4 is 24.4 Å². The van der Waals surface area contributed by atoms with E-state index in [1.807, 2.05) is 41.5 Å². The molecule has 226 valence electrons. The molecule has 0 saturated heterocycles. The zero-order valence-electron chi connectivity index (χ0n) is 24.9. The standard InChI is InChI=1S/C28H43NO11/c1-17(2)37-24(31)34-14-18(3)38-23(30)20(29)12-19-10-11-21(39-25(32)35-15-27(4,5)6)22(13-19)40-26(33)36-16-28(7,8)9/h10-11,13,17-18,20H,12,14-16,29H2,1-9H3/t18-,20-/m0/s1. The second kappa shape index (κ2) is 15.3. The Labute approximate surface area is 235 Å². The summed E-state index contributed by atoms with van der Waals surface area (Å²) in [5, 5.41) is 0. The maximum Gasteiger partial charge on any atom is 0.513 e. The van der Waals surface area contributed by atoms with Crippen LogP contribution in [0.15, 0.2) is 18.2 Å². The Morgan fingerprint density at radius 2 is 1.27 bits per heavy atom. The zero-order chi connectivity index (χ0) is 30.7. The van der Waals surface area contributed by atoms with Crippen LogP contribution in [0, 0.1) is 10.8 Å². The van der Waals surface area contributed by atoms with Gasteiger partial charge in [-0.1, -0.05) is 47.6 Å². The molecule has 12 heteroatoms. The number of benzene rings is 1. The van der Waals surface area contributed by atoms with E-state index in [1.54, 1.807) is 19.9 Å². The van der Waals surface area contributed by atoms with Gasteiger partial charge in [0.2, 0.25) is 0 Å². The van der Waals surface area contributed by atoms with E-state index in [2.05, 4.69) is 0 Å². The van der Waals surface area contributed by atoms with Crippen LogP contribution in [0.25, 0.3) is 0 Å². The molecule has 0 bridgehead atoms. The van der Waals surface area contributed by atoms with E-state index < -0.39 is 36.6 Å². The van der Waals surface area contributed by atoms with Crippen LogP contribution >= 0.6 is 0 Å². The number of esters is 1. The van der Waals surface area contributed by atoms with Gasteiger partial charge in [-0.25, -0.2) is 14.4 Å². The van der Waals surface area contributed by atoms with E-state index in [1.165, 1.54) is 19.1 Å². The highest BCUT2D eigenvalue weighted by Gasteiger charge is 2.23. The molecule has 0 radical (unpaired) electrons. The molecular formula is C28H43NO11. The number of carbonyl (C=O) groups excluding carboxylic acids is 4. The van der Waals surface area contributed by atoms with Crippen molar-refractivity contribution in [2.75, 3.05) is 19.8 Å². The van der Waals surface area contributed by atoms with E-state index in [-0.39, 0.29) is 54.7 Å². The fourth-order valence-corrected chi connectivity index (χ4v) is 2.70. The Morgan fingerprint density at radius 1 is 0.750 bits per heavy atom. The van der Waals surface area contributed by atoms with Gasteiger partial charge < -0.3 is 38.9 Å². The maximum atomic E-state index is 12.5. The van der Waals surface area contributed by atoms with Gasteiger partial charge in [0.15, 0.2) is 11.5 Å². The predicted molar refractivity (Wildman–Crippen MR) is 144 cm³/mol. The largest absolute Gasteiger partial charge is 0.513 e. The summed E-state index contributed by atoms with van der Waals surface area (Å²) in [4.78, 5) is 48.5. The van der Waals surface area contributed by atoms with Gasteiger partial charge in [0.25, 0.3) is 0 Å². The second-order valence-electron chi connectivity index (χ2n) is 12.0. The van der Waals surface area contributed by atoms with Gasteiger partial charge in [0.05, 0.1) is 19.3 Å². The molecule has 2 N–H and O–H groups in total. The average molecular weight is 570 g/mol. The number of ether oxygens (including phenoxy) is 7. The van der Waals surface area contributed by atoms with E-state index in [0.717, 1.165) is 0 Å². The van der Waals surface area contributed by atoms with Crippen LogP contribution in [0.3, 0.4) is 0 Å². The minimum atomic E-state index is -1.10. The molecule has 1 aromatic carbocycles. The first-order chi connectivity index (χ1) is 18.3. The van der Waals surface area contributed by atoms with E-state index in [9.17, 15) is 19.2 Å². The van der Waals surface area contributed by atoms with Gasteiger partial charge in [-0.3, -0.25) is 4.79 Å². The monoisotopic (exact) mass is 569 g/mol. The third-order valence-corrected chi connectivity index (χ3v) is 4.48. The number of nitrogens with two attached hydrogens (primary N) is 1. The van der Waals surface area contributed by atoms with Crippen LogP contribution in [-0.4, -0.2) is 62.5 Å². The smallest absolute Gasteiger partial charge is 0.458 e. The molecule has 0 unspecified atom stereocenters. The van der Waals surface area contributed by atoms with Crippen LogP contribution in [0.1, 0.15) is 67.9 Å². The van der Waals surface area contributed by atoms with Gasteiger partial charge in [-0.15, -0.1) is 0 Å². The summed E-state index contributed by atoms with van der Waals surface area (Å²) in [5.41, 5.74) is 5.90. The van der Waals surface area contributed by atoms with E-state index in [0.29, 0.717) is 5.56 Å². The Balaban J connectivity index is 2.92. The first-order valence-corrected chi connectivity index (χ1v) is 13.0. The van der Waals surface area contributed by atoms with Crippen LogP contribution < -0.4 is 15.2 Å². The summed E-state index contributed by atoms with van der Waals surface area (Å²) in [7, 11) is 0. The molecule has 0 aromatic heterocycles. The molecule has 0 saturated carbocycles. The van der Waals surface area contributed by atoms with E-state index >= 15 is 0 Å². The van der Waals surface area contributed by atoms with Crippen molar-refractivity contribution in [3.8, 4) is 11.5 Å². The molecule has 12 nitrogen and oxygen atoms in total. The second-order valence-corrected chi connectivity index (χ2v) is 12.0. The first-order valence-electron chi connectivity index (χ1n) is 13.0. The van der Waals surface area contributed by atoms with Gasteiger partial charge in [0, 0.05) is 0 Å². The molecule has 1 aromatic rings. The lowest BCUT2D eigenvalue weighted by Gasteiger charge is -2.19. The lowest BCUT2D eigenvalue weighted by atomic mass is 9.99. The fourth-order valence-electron chi connectivity index (χ4n) is 2.70. The highest BCUT2D eigenvalue weighted by Crippen LogP contribution is 2.30. The summed E-state index contributed by atoms with van der Waals surface area (Å²) in [6.45, 7) is 16.2. The summed E-state index contributed by atoms with van der Waals surface area (Å²) in [6.07, 6.45) is -3.99. The van der Waals surface area contributed by atoms with Gasteiger partial charge in [0.1, 0.15) is 18.8 Å². The molecule has 0 heterocycles. The molecule has 2 atom stereocenters. The SMILES string of the molecule is CC(C)OC(=O)OC[C@H](C)OC(=O)[C@@H](N)Cc1ccc(OC(=O)OCC(C)(C)C)c(OC(=O)OCC(C)(C)C)c1. The minimum Gasteiger partial charge on any atom is -0.458 e. The van der Waals surface area contributed by atoms with Crippen molar-refractivity contribution in [2.45, 2.75) is 87.0 Å². The topological polar surface area (TPSA) is 159 Å². The minimum absolute atomic E-state index is 0.00997. The zero-order valence-corrected chi connectivity index (χ0v) is 24.9. The van der Waals surface area contributed by atoms with Crippen LogP contribution in [0.4, 0.5) is 14.4 Å². The summed E-state index contributed by atoms with van der Waals surface area (Å²) in [5.74, 6) is -0.966. The lowest BCUT2D eigenvalue weighted by Crippen LogP contribution is -2.37. The van der Waals surface area contributed by atoms with Crippen molar-refractivity contribution < 1.29 is 52.3 Å². The first kappa shape index (κ1) is 34.5.